The molecule has 0 fully saturated rings. The lowest BCUT2D eigenvalue weighted by molar-refractivity contribution is 0.0994. The maximum Gasteiger partial charge on any atom is 0.171 e. The van der Waals surface area contributed by atoms with Gasteiger partial charge in [0.25, 0.3) is 0 Å². The van der Waals surface area contributed by atoms with Gasteiger partial charge in [0.1, 0.15) is 5.82 Å². The molecule has 4 nitrogen and oxygen atoms in total. The summed E-state index contributed by atoms with van der Waals surface area (Å²) in [6, 6.07) is 4.28. The minimum absolute atomic E-state index is 0.0830. The molecule has 3 aromatic rings. The highest BCUT2D eigenvalue weighted by Crippen LogP contribution is 2.21. The first-order valence-electron chi connectivity index (χ1n) is 5.89. The second kappa shape index (κ2) is 5.13. The summed E-state index contributed by atoms with van der Waals surface area (Å²) in [5, 5.41) is 4.10. The molecule has 0 aliphatic carbocycles. The van der Waals surface area contributed by atoms with E-state index in [2.05, 4.69) is 26.0 Å². The summed E-state index contributed by atoms with van der Waals surface area (Å²) < 4.78 is 15.2. The van der Waals surface area contributed by atoms with Crippen molar-refractivity contribution in [2.24, 2.45) is 0 Å². The van der Waals surface area contributed by atoms with E-state index in [0.717, 1.165) is 5.56 Å². The Hall–Kier alpha value is -2.08. The van der Waals surface area contributed by atoms with E-state index in [-0.39, 0.29) is 18.0 Å². The van der Waals surface area contributed by atoms with E-state index in [1.165, 1.54) is 18.3 Å². The van der Waals surface area contributed by atoms with Gasteiger partial charge in [-0.25, -0.2) is 8.91 Å². The molecule has 3 rings (SSSR count). The van der Waals surface area contributed by atoms with Gasteiger partial charge in [-0.3, -0.25) is 9.78 Å². The van der Waals surface area contributed by atoms with Gasteiger partial charge in [0.05, 0.1) is 23.5 Å². The molecule has 2 heterocycles. The van der Waals surface area contributed by atoms with Crippen molar-refractivity contribution in [2.45, 2.75) is 6.42 Å². The summed E-state index contributed by atoms with van der Waals surface area (Å²) in [5.74, 6) is -0.423. The third kappa shape index (κ3) is 2.34. The molecule has 0 amide bonds. The number of aromatic nitrogens is 3. The lowest BCUT2D eigenvalue weighted by Crippen LogP contribution is -2.04. The molecule has 1 aromatic carbocycles. The predicted octanol–water partition coefficient (Wildman–Crippen LogP) is 3.06. The highest BCUT2D eigenvalue weighted by atomic mass is 79.9. The number of halogens is 2. The first kappa shape index (κ1) is 12.9. The number of hydrogen-bond donors (Lipinski definition) is 0. The molecular weight excluding hydrogens is 325 g/mol. The fourth-order valence-corrected chi connectivity index (χ4v) is 2.47. The number of ketones is 1. The Kier molecular flexibility index (Phi) is 3.31. The summed E-state index contributed by atoms with van der Waals surface area (Å²) in [4.78, 5) is 16.3. The number of benzene rings is 1. The quantitative estimate of drug-likeness (QED) is 0.692. The van der Waals surface area contributed by atoms with Crippen molar-refractivity contribution >= 4 is 27.2 Å². The van der Waals surface area contributed by atoms with Crippen LogP contribution in [0.15, 0.2) is 47.5 Å². The van der Waals surface area contributed by atoms with Crippen LogP contribution >= 0.6 is 15.9 Å². The maximum atomic E-state index is 13.0. The van der Waals surface area contributed by atoms with Crippen LogP contribution in [0.25, 0.3) is 5.52 Å². The van der Waals surface area contributed by atoms with E-state index in [1.54, 1.807) is 29.2 Å². The van der Waals surface area contributed by atoms with Gasteiger partial charge in [-0.15, -0.1) is 0 Å². The molecule has 2 aromatic heterocycles. The Morgan fingerprint density at radius 1 is 1.35 bits per heavy atom. The smallest absolute Gasteiger partial charge is 0.171 e. The van der Waals surface area contributed by atoms with Gasteiger partial charge >= 0.3 is 0 Å². The predicted molar refractivity (Wildman–Crippen MR) is 75.1 cm³/mol. The van der Waals surface area contributed by atoms with Gasteiger partial charge in [0.15, 0.2) is 5.78 Å². The number of carbonyl (C=O) groups excluding carboxylic acids is 1. The van der Waals surface area contributed by atoms with Crippen LogP contribution in [-0.2, 0) is 6.42 Å². The van der Waals surface area contributed by atoms with Crippen molar-refractivity contribution in [3.05, 3.63) is 64.4 Å². The minimum atomic E-state index is -0.340. The average Bonchev–Trinajstić information content (AvgIpc) is 2.86. The highest BCUT2D eigenvalue weighted by molar-refractivity contribution is 9.10. The number of nitrogens with zero attached hydrogens (tertiary/aromatic N) is 3. The van der Waals surface area contributed by atoms with Crippen molar-refractivity contribution in [2.75, 3.05) is 0 Å². The van der Waals surface area contributed by atoms with E-state index >= 15 is 0 Å². The molecule has 0 aliphatic heterocycles. The summed E-state index contributed by atoms with van der Waals surface area (Å²) in [6.07, 6.45) is 6.58. The Bertz CT molecular complexity index is 800. The van der Waals surface area contributed by atoms with E-state index in [1.807, 2.05) is 0 Å². The van der Waals surface area contributed by atoms with Crippen LogP contribution in [-0.4, -0.2) is 20.4 Å². The molecule has 0 bridgehead atoms. The Morgan fingerprint density at radius 2 is 2.20 bits per heavy atom. The van der Waals surface area contributed by atoms with Gasteiger partial charge in [0.2, 0.25) is 0 Å². The first-order valence-corrected chi connectivity index (χ1v) is 6.69. The maximum absolute atomic E-state index is 13.0. The zero-order chi connectivity index (χ0) is 14.1. The molecule has 100 valence electrons. The minimum Gasteiger partial charge on any atom is -0.294 e. The Labute approximate surface area is 122 Å². The zero-order valence-electron chi connectivity index (χ0n) is 10.3. The number of Topliss-reactive ketones (excluding diaryl/α,β-unsaturated/α-hetero) is 1. The molecule has 0 aliphatic rings. The van der Waals surface area contributed by atoms with Crippen LogP contribution in [0, 0.1) is 5.82 Å². The second-order valence-corrected chi connectivity index (χ2v) is 5.15. The van der Waals surface area contributed by atoms with Crippen molar-refractivity contribution in [1.82, 2.24) is 14.6 Å². The van der Waals surface area contributed by atoms with Crippen molar-refractivity contribution in [3.8, 4) is 0 Å². The van der Waals surface area contributed by atoms with Crippen LogP contribution in [0.1, 0.15) is 15.9 Å². The largest absolute Gasteiger partial charge is 0.294 e. The monoisotopic (exact) mass is 333 g/mol. The van der Waals surface area contributed by atoms with E-state index in [9.17, 15) is 9.18 Å². The van der Waals surface area contributed by atoms with Crippen LogP contribution in [0.2, 0.25) is 0 Å². The van der Waals surface area contributed by atoms with Gasteiger partial charge < -0.3 is 0 Å². The van der Waals surface area contributed by atoms with Crippen LogP contribution in [0.4, 0.5) is 4.39 Å². The van der Waals surface area contributed by atoms with Gasteiger partial charge in [0, 0.05) is 23.3 Å². The third-order valence-corrected chi connectivity index (χ3v) is 3.73. The van der Waals surface area contributed by atoms with Gasteiger partial charge in [-0.1, -0.05) is 22.0 Å². The summed E-state index contributed by atoms with van der Waals surface area (Å²) in [6.45, 7) is 0. The first-order chi connectivity index (χ1) is 9.65. The third-order valence-electron chi connectivity index (χ3n) is 2.99. The van der Waals surface area contributed by atoms with Crippen LogP contribution in [0.3, 0.4) is 0 Å². The van der Waals surface area contributed by atoms with Crippen molar-refractivity contribution in [1.29, 1.82) is 0 Å². The molecule has 0 radical (unpaired) electrons. The Morgan fingerprint density at radius 3 is 3.00 bits per heavy atom. The number of fused-ring (bicyclic) bond motifs is 1. The van der Waals surface area contributed by atoms with Gasteiger partial charge in [-0.2, -0.15) is 5.10 Å². The fraction of sp³-hybridized carbons (Fsp3) is 0.0714. The molecule has 6 heteroatoms. The number of carbonyl (C=O) groups is 1. The van der Waals surface area contributed by atoms with Crippen LogP contribution in [0.5, 0.6) is 0 Å². The number of rotatable bonds is 3. The standard InChI is InChI=1S/C14H9BrFN3O/c15-12-6-10(16)2-1-9(12)5-14(20)11-7-18-19-4-3-17-8-13(11)19/h1-4,6-8H,5H2. The molecular formula is C14H9BrFN3O. The molecule has 0 saturated heterocycles. The lowest BCUT2D eigenvalue weighted by atomic mass is 10.0. The molecule has 0 saturated carbocycles. The Balaban J connectivity index is 1.93. The second-order valence-electron chi connectivity index (χ2n) is 4.30. The lowest BCUT2D eigenvalue weighted by Gasteiger charge is -2.03. The van der Waals surface area contributed by atoms with Crippen molar-refractivity contribution in [3.63, 3.8) is 0 Å². The number of hydrogen-bond acceptors (Lipinski definition) is 3. The molecule has 0 spiro atoms. The molecule has 0 N–H and O–H groups in total. The molecule has 0 unspecified atom stereocenters. The fourth-order valence-electron chi connectivity index (χ4n) is 1.98. The topological polar surface area (TPSA) is 47.3 Å². The zero-order valence-corrected chi connectivity index (χ0v) is 11.8. The summed E-state index contributed by atoms with van der Waals surface area (Å²) in [7, 11) is 0. The van der Waals surface area contributed by atoms with Crippen LogP contribution < -0.4 is 0 Å². The van der Waals surface area contributed by atoms with E-state index in [4.69, 9.17) is 0 Å². The van der Waals surface area contributed by atoms with Crippen molar-refractivity contribution < 1.29 is 9.18 Å². The highest BCUT2D eigenvalue weighted by Gasteiger charge is 2.14. The summed E-state index contributed by atoms with van der Waals surface area (Å²) in [5.41, 5.74) is 1.91. The SMILES string of the molecule is O=C(Cc1ccc(F)cc1Br)c1cnn2ccncc12. The average molecular weight is 334 g/mol. The molecule has 0 atom stereocenters. The summed E-state index contributed by atoms with van der Waals surface area (Å²) >= 11 is 3.26. The molecule has 20 heavy (non-hydrogen) atoms. The van der Waals surface area contributed by atoms with E-state index in [0.29, 0.717) is 15.6 Å². The van der Waals surface area contributed by atoms with E-state index < -0.39 is 0 Å². The van der Waals surface area contributed by atoms with Gasteiger partial charge in [-0.05, 0) is 17.7 Å². The normalized spacial score (nSPS) is 10.9.